The third-order valence-electron chi connectivity index (χ3n) is 5.77. The predicted molar refractivity (Wildman–Crippen MR) is 128 cm³/mol. The largest absolute Gasteiger partial charge is 0.497 e. The van der Waals surface area contributed by atoms with Gasteiger partial charge in [-0.25, -0.2) is 9.78 Å². The van der Waals surface area contributed by atoms with Crippen LogP contribution in [0.5, 0.6) is 17.4 Å². The fourth-order valence-electron chi connectivity index (χ4n) is 3.92. The Morgan fingerprint density at radius 1 is 1.09 bits per heavy atom. The molecule has 168 valence electrons. The number of rotatable bonds is 6. The minimum atomic E-state index is -0.0467. The quantitative estimate of drug-likeness (QED) is 0.524. The van der Waals surface area contributed by atoms with Crippen LogP contribution in [-0.2, 0) is 6.42 Å². The third-order valence-corrected chi connectivity index (χ3v) is 5.77. The molecular weight excluding hydrogens is 402 g/mol. The van der Waals surface area contributed by atoms with Gasteiger partial charge in [0.1, 0.15) is 11.5 Å². The van der Waals surface area contributed by atoms with Gasteiger partial charge in [-0.05, 0) is 79.6 Å². The van der Waals surface area contributed by atoms with Crippen LogP contribution in [0, 0.1) is 12.8 Å². The van der Waals surface area contributed by atoms with E-state index in [0.717, 1.165) is 55.1 Å². The molecule has 1 N–H and O–H groups in total. The number of hydrogen-bond donors (Lipinski definition) is 1. The smallest absolute Gasteiger partial charge is 0.321 e. The van der Waals surface area contributed by atoms with Gasteiger partial charge in [-0.2, -0.15) is 0 Å². The number of nitrogens with one attached hydrogen (secondary N) is 1. The van der Waals surface area contributed by atoms with E-state index in [1.54, 1.807) is 13.3 Å². The molecule has 1 saturated heterocycles. The van der Waals surface area contributed by atoms with Crippen LogP contribution in [0.1, 0.15) is 25.4 Å². The number of carbonyl (C=O) groups is 1. The van der Waals surface area contributed by atoms with E-state index in [9.17, 15) is 4.79 Å². The average Bonchev–Trinajstić information content (AvgIpc) is 2.82. The van der Waals surface area contributed by atoms with Crippen LogP contribution in [0.2, 0.25) is 0 Å². The standard InChI is InChI=1S/C26H29N3O3.H2/c1-19-6-11-25(27-18-19)32-24-5-3-4-21(17-24)16-20-12-14-29(15-13-20)26(30)28-22-7-9-23(31-2)10-8-22;/h3-11,17-18,20H,12-16H2,1-2H3,(H,28,30);1H. The van der Waals surface area contributed by atoms with Crippen LogP contribution in [0.25, 0.3) is 0 Å². The van der Waals surface area contributed by atoms with E-state index in [1.807, 2.05) is 60.4 Å². The number of aromatic nitrogens is 1. The van der Waals surface area contributed by atoms with Gasteiger partial charge in [0, 0.05) is 32.5 Å². The van der Waals surface area contributed by atoms with Crippen molar-refractivity contribution in [1.29, 1.82) is 0 Å². The fraction of sp³-hybridized carbons (Fsp3) is 0.308. The van der Waals surface area contributed by atoms with Crippen LogP contribution in [0.4, 0.5) is 10.5 Å². The van der Waals surface area contributed by atoms with Crippen molar-refractivity contribution < 1.29 is 15.7 Å². The molecule has 3 aromatic rings. The molecule has 2 heterocycles. The lowest BCUT2D eigenvalue weighted by molar-refractivity contribution is 0.182. The fourth-order valence-corrected chi connectivity index (χ4v) is 3.92. The Morgan fingerprint density at radius 3 is 2.56 bits per heavy atom. The number of piperidine rings is 1. The maximum atomic E-state index is 12.6. The van der Waals surface area contributed by atoms with Gasteiger partial charge in [0.05, 0.1) is 7.11 Å². The highest BCUT2D eigenvalue weighted by atomic mass is 16.5. The summed E-state index contributed by atoms with van der Waals surface area (Å²) >= 11 is 0. The highest BCUT2D eigenvalue weighted by Crippen LogP contribution is 2.26. The van der Waals surface area contributed by atoms with Gasteiger partial charge in [-0.15, -0.1) is 0 Å². The Kier molecular flexibility index (Phi) is 6.90. The number of nitrogens with zero attached hydrogens (tertiary/aromatic N) is 2. The number of amides is 2. The van der Waals surface area contributed by atoms with Crippen LogP contribution in [0.15, 0.2) is 66.9 Å². The number of pyridine rings is 1. The number of aryl methyl sites for hydroxylation is 1. The van der Waals surface area contributed by atoms with Crippen molar-refractivity contribution >= 4 is 11.7 Å². The lowest BCUT2D eigenvalue weighted by atomic mass is 9.90. The van der Waals surface area contributed by atoms with Gasteiger partial charge in [0.25, 0.3) is 0 Å². The molecule has 2 aromatic carbocycles. The highest BCUT2D eigenvalue weighted by Gasteiger charge is 2.23. The number of carbonyl (C=O) groups excluding carboxylic acids is 1. The minimum absolute atomic E-state index is 0. The first-order chi connectivity index (χ1) is 15.6. The zero-order chi connectivity index (χ0) is 22.3. The van der Waals surface area contributed by atoms with Crippen molar-refractivity contribution in [3.63, 3.8) is 0 Å². The summed E-state index contributed by atoms with van der Waals surface area (Å²) < 4.78 is 11.1. The molecule has 4 rings (SSSR count). The molecule has 6 nitrogen and oxygen atoms in total. The number of ether oxygens (including phenoxy) is 2. The van der Waals surface area contributed by atoms with Crippen molar-refractivity contribution in [3.8, 4) is 17.4 Å². The molecule has 0 aliphatic carbocycles. The van der Waals surface area contributed by atoms with Crippen LogP contribution in [-0.4, -0.2) is 36.1 Å². The molecule has 1 fully saturated rings. The number of benzene rings is 2. The second kappa shape index (κ2) is 10.2. The van der Waals surface area contributed by atoms with Crippen molar-refractivity contribution in [2.45, 2.75) is 26.2 Å². The molecule has 2 amide bonds. The van der Waals surface area contributed by atoms with Crippen LogP contribution >= 0.6 is 0 Å². The third kappa shape index (κ3) is 5.78. The lowest BCUT2D eigenvalue weighted by Gasteiger charge is -2.32. The maximum Gasteiger partial charge on any atom is 0.321 e. The molecule has 6 heteroatoms. The Balaban J connectivity index is 0.00000306. The molecule has 0 bridgehead atoms. The molecule has 0 unspecified atom stereocenters. The summed E-state index contributed by atoms with van der Waals surface area (Å²) in [7, 11) is 1.63. The summed E-state index contributed by atoms with van der Waals surface area (Å²) in [6.45, 7) is 3.53. The summed E-state index contributed by atoms with van der Waals surface area (Å²) in [6, 6.07) is 19.4. The number of urea groups is 1. The zero-order valence-corrected chi connectivity index (χ0v) is 18.6. The van der Waals surface area contributed by atoms with Gasteiger partial charge < -0.3 is 19.7 Å². The van der Waals surface area contributed by atoms with Gasteiger partial charge in [0.2, 0.25) is 5.88 Å². The van der Waals surface area contributed by atoms with E-state index in [1.165, 1.54) is 5.56 Å². The van der Waals surface area contributed by atoms with Gasteiger partial charge in [-0.1, -0.05) is 18.2 Å². The molecule has 0 radical (unpaired) electrons. The lowest BCUT2D eigenvalue weighted by Crippen LogP contribution is -2.41. The summed E-state index contributed by atoms with van der Waals surface area (Å²) in [5, 5.41) is 2.97. The van der Waals surface area contributed by atoms with Gasteiger partial charge >= 0.3 is 6.03 Å². The first kappa shape index (κ1) is 21.7. The van der Waals surface area contributed by atoms with E-state index < -0.39 is 0 Å². The summed E-state index contributed by atoms with van der Waals surface area (Å²) in [5.41, 5.74) is 3.13. The highest BCUT2D eigenvalue weighted by molar-refractivity contribution is 5.89. The Labute approximate surface area is 190 Å². The minimum Gasteiger partial charge on any atom is -0.497 e. The van der Waals surface area contributed by atoms with E-state index in [4.69, 9.17) is 9.47 Å². The average molecular weight is 434 g/mol. The van der Waals surface area contributed by atoms with Crippen LogP contribution < -0.4 is 14.8 Å². The molecule has 0 spiro atoms. The summed E-state index contributed by atoms with van der Waals surface area (Å²) in [4.78, 5) is 18.8. The van der Waals surface area contributed by atoms with E-state index in [2.05, 4.69) is 22.4 Å². The molecule has 0 atom stereocenters. The molecule has 0 saturated carbocycles. The zero-order valence-electron chi connectivity index (χ0n) is 18.6. The van der Waals surface area contributed by atoms with Crippen LogP contribution in [0.3, 0.4) is 0 Å². The Hall–Kier alpha value is -3.54. The number of hydrogen-bond acceptors (Lipinski definition) is 4. The van der Waals surface area contributed by atoms with E-state index in [-0.39, 0.29) is 7.46 Å². The van der Waals surface area contributed by atoms with E-state index >= 15 is 0 Å². The Morgan fingerprint density at radius 2 is 1.88 bits per heavy atom. The second-order valence-electron chi connectivity index (χ2n) is 8.22. The number of anilines is 1. The molecule has 1 aliphatic rings. The van der Waals surface area contributed by atoms with E-state index in [0.29, 0.717) is 11.8 Å². The maximum absolute atomic E-state index is 12.6. The van der Waals surface area contributed by atoms with Crippen molar-refractivity contribution in [2.75, 3.05) is 25.5 Å². The first-order valence-electron chi connectivity index (χ1n) is 11.0. The Bertz CT molecular complexity index is 1030. The summed E-state index contributed by atoms with van der Waals surface area (Å²) in [5.74, 6) is 2.72. The molecule has 1 aliphatic heterocycles. The second-order valence-corrected chi connectivity index (χ2v) is 8.22. The number of methoxy groups -OCH3 is 1. The number of likely N-dealkylation sites (tertiary alicyclic amines) is 1. The summed E-state index contributed by atoms with van der Waals surface area (Å²) in [6.07, 6.45) is 4.76. The van der Waals surface area contributed by atoms with Crippen molar-refractivity contribution in [1.82, 2.24) is 9.88 Å². The molecule has 32 heavy (non-hydrogen) atoms. The van der Waals surface area contributed by atoms with Crippen molar-refractivity contribution in [2.24, 2.45) is 5.92 Å². The normalized spacial score (nSPS) is 14.1. The SMILES string of the molecule is COc1ccc(NC(=O)N2CCC(Cc3cccc(Oc4ccc(C)cn4)c3)CC2)cc1.[HH]. The topological polar surface area (TPSA) is 63.7 Å². The van der Waals surface area contributed by atoms with Gasteiger partial charge in [0.15, 0.2) is 0 Å². The molecular formula is C26H31N3O3. The molecule has 1 aromatic heterocycles. The van der Waals surface area contributed by atoms with Crippen molar-refractivity contribution in [3.05, 3.63) is 78.0 Å². The monoisotopic (exact) mass is 433 g/mol. The van der Waals surface area contributed by atoms with Gasteiger partial charge in [-0.3, -0.25) is 0 Å². The predicted octanol–water partition coefficient (Wildman–Crippen LogP) is 5.92. The first-order valence-corrected chi connectivity index (χ1v) is 11.0.